The fourth-order valence-electron chi connectivity index (χ4n) is 3.24. The zero-order valence-corrected chi connectivity index (χ0v) is 20.0. The van der Waals surface area contributed by atoms with Crippen molar-refractivity contribution in [3.63, 3.8) is 0 Å². The van der Waals surface area contributed by atoms with Crippen LogP contribution in [0.1, 0.15) is 25.7 Å². The summed E-state index contributed by atoms with van der Waals surface area (Å²) < 4.78 is 20.8. The summed E-state index contributed by atoms with van der Waals surface area (Å²) in [6.07, 6.45) is 3.44. The third-order valence-electron chi connectivity index (χ3n) is 5.69. The number of aliphatic hydroxyl groups is 1. The number of nitro benzene ring substituents is 2. The number of nitrogens with zero attached hydrogens (tertiary/aromatic N) is 2. The molecule has 12 nitrogen and oxygen atoms in total. The Hall–Kier alpha value is -3.93. The van der Waals surface area contributed by atoms with Crippen LogP contribution in [0.5, 0.6) is 23.0 Å². The standard InChI is InChI=1S/C12H15NO5.C12H13NO5/c2*1-17-12-6-9(13(15)16)4-5-11(12)18-7-10(14)8-2-3-8/h4-6,8,10,14H,2-3,7H2,1H3;4-6,8H,2-3,7H2,1H3/t10-;/m0./s1. The summed E-state index contributed by atoms with van der Waals surface area (Å²) in [5.41, 5.74) is -0.130. The Morgan fingerprint density at radius 3 is 1.81 bits per heavy atom. The lowest BCUT2D eigenvalue weighted by Crippen LogP contribution is -2.19. The lowest BCUT2D eigenvalue weighted by Gasteiger charge is -2.13. The van der Waals surface area contributed by atoms with Gasteiger partial charge in [-0.3, -0.25) is 25.0 Å². The molecule has 0 spiro atoms. The van der Waals surface area contributed by atoms with Gasteiger partial charge in [0.25, 0.3) is 11.4 Å². The van der Waals surface area contributed by atoms with Gasteiger partial charge in [0.05, 0.1) is 42.3 Å². The number of carbonyl (C=O) groups is 1. The van der Waals surface area contributed by atoms with E-state index in [4.69, 9.17) is 18.9 Å². The molecule has 2 aromatic carbocycles. The van der Waals surface area contributed by atoms with Crippen molar-refractivity contribution in [2.75, 3.05) is 27.4 Å². The summed E-state index contributed by atoms with van der Waals surface area (Å²) in [6.45, 7) is 0.164. The number of ketones is 1. The highest BCUT2D eigenvalue weighted by atomic mass is 16.6. The number of methoxy groups -OCH3 is 2. The Labute approximate surface area is 207 Å². The molecule has 36 heavy (non-hydrogen) atoms. The van der Waals surface area contributed by atoms with E-state index in [0.29, 0.717) is 23.2 Å². The van der Waals surface area contributed by atoms with Gasteiger partial charge < -0.3 is 24.1 Å². The van der Waals surface area contributed by atoms with Crippen molar-refractivity contribution in [1.82, 2.24) is 0 Å². The van der Waals surface area contributed by atoms with Crippen molar-refractivity contribution in [2.24, 2.45) is 11.8 Å². The lowest BCUT2D eigenvalue weighted by atomic mass is 10.2. The van der Waals surface area contributed by atoms with Gasteiger partial charge >= 0.3 is 0 Å². The van der Waals surface area contributed by atoms with Crippen LogP contribution in [0, 0.1) is 32.1 Å². The van der Waals surface area contributed by atoms with Crippen LogP contribution < -0.4 is 18.9 Å². The molecule has 0 unspecified atom stereocenters. The normalized spacial score (nSPS) is 15.1. The molecule has 12 heteroatoms. The fourth-order valence-corrected chi connectivity index (χ4v) is 3.24. The molecule has 0 heterocycles. The minimum Gasteiger partial charge on any atom is -0.493 e. The van der Waals surface area contributed by atoms with Crippen molar-refractivity contribution >= 4 is 17.2 Å². The van der Waals surface area contributed by atoms with Crippen molar-refractivity contribution in [3.05, 3.63) is 56.6 Å². The molecule has 0 radical (unpaired) electrons. The monoisotopic (exact) mass is 504 g/mol. The van der Waals surface area contributed by atoms with Crippen LogP contribution in [0.15, 0.2) is 36.4 Å². The average molecular weight is 504 g/mol. The number of carbonyl (C=O) groups excluding carboxylic acids is 1. The van der Waals surface area contributed by atoms with Crippen LogP contribution >= 0.6 is 0 Å². The van der Waals surface area contributed by atoms with Crippen LogP contribution in [0.25, 0.3) is 0 Å². The first kappa shape index (κ1) is 26.7. The second-order valence-corrected chi connectivity index (χ2v) is 8.43. The first-order valence-corrected chi connectivity index (χ1v) is 11.3. The Morgan fingerprint density at radius 1 is 0.889 bits per heavy atom. The molecule has 2 saturated carbocycles. The highest BCUT2D eigenvalue weighted by Crippen LogP contribution is 2.35. The smallest absolute Gasteiger partial charge is 0.273 e. The van der Waals surface area contributed by atoms with Crippen LogP contribution in [-0.2, 0) is 4.79 Å². The van der Waals surface area contributed by atoms with E-state index in [2.05, 4.69) is 0 Å². The van der Waals surface area contributed by atoms with Gasteiger partial charge in [-0.1, -0.05) is 0 Å². The van der Waals surface area contributed by atoms with E-state index in [1.54, 1.807) is 0 Å². The molecule has 2 aromatic rings. The van der Waals surface area contributed by atoms with E-state index in [1.807, 2.05) is 0 Å². The predicted molar refractivity (Wildman–Crippen MR) is 127 cm³/mol. The highest BCUT2D eigenvalue weighted by Gasteiger charge is 2.31. The third-order valence-corrected chi connectivity index (χ3v) is 5.69. The Kier molecular flexibility index (Phi) is 9.01. The van der Waals surface area contributed by atoms with Gasteiger partial charge in [0.1, 0.15) is 13.2 Å². The van der Waals surface area contributed by atoms with E-state index in [0.717, 1.165) is 25.7 Å². The molecule has 0 saturated heterocycles. The maximum Gasteiger partial charge on any atom is 0.273 e. The minimum atomic E-state index is -0.512. The van der Waals surface area contributed by atoms with E-state index in [9.17, 15) is 30.1 Å². The van der Waals surface area contributed by atoms with Crippen molar-refractivity contribution < 1.29 is 38.7 Å². The van der Waals surface area contributed by atoms with Gasteiger partial charge in [-0.15, -0.1) is 0 Å². The fraction of sp³-hybridized carbons (Fsp3) is 0.458. The molecule has 4 rings (SSSR count). The number of benzene rings is 2. The molecule has 0 bridgehead atoms. The van der Waals surface area contributed by atoms with E-state index in [1.165, 1.54) is 50.6 Å². The molecule has 2 fully saturated rings. The van der Waals surface area contributed by atoms with Crippen molar-refractivity contribution in [3.8, 4) is 23.0 Å². The number of non-ortho nitro benzene ring substituents is 2. The molecule has 2 aliphatic rings. The van der Waals surface area contributed by atoms with Crippen LogP contribution in [0.4, 0.5) is 11.4 Å². The van der Waals surface area contributed by atoms with E-state index in [-0.39, 0.29) is 42.0 Å². The van der Waals surface area contributed by atoms with Crippen LogP contribution in [0.2, 0.25) is 0 Å². The maximum absolute atomic E-state index is 11.5. The van der Waals surface area contributed by atoms with Gasteiger partial charge in [0.2, 0.25) is 0 Å². The topological polar surface area (TPSA) is 160 Å². The minimum absolute atomic E-state index is 0.0150. The number of hydrogen-bond acceptors (Lipinski definition) is 10. The number of hydrogen-bond donors (Lipinski definition) is 1. The van der Waals surface area contributed by atoms with Crippen LogP contribution in [0.3, 0.4) is 0 Å². The van der Waals surface area contributed by atoms with Gasteiger partial charge in [-0.2, -0.15) is 0 Å². The number of ether oxygens (including phenoxy) is 4. The van der Waals surface area contributed by atoms with Crippen LogP contribution in [-0.4, -0.2) is 54.3 Å². The summed E-state index contributed by atoms with van der Waals surface area (Å²) in [5, 5.41) is 30.9. The molecule has 0 amide bonds. The molecule has 0 aliphatic heterocycles. The summed E-state index contributed by atoms with van der Waals surface area (Å²) in [7, 11) is 2.82. The third kappa shape index (κ3) is 7.54. The molecule has 2 aliphatic carbocycles. The summed E-state index contributed by atoms with van der Waals surface area (Å²) in [6, 6.07) is 8.17. The molecule has 194 valence electrons. The molecule has 0 aromatic heterocycles. The average Bonchev–Trinajstić information content (AvgIpc) is 3.78. The predicted octanol–water partition coefficient (Wildman–Crippen LogP) is 3.71. The Balaban J connectivity index is 0.000000201. The zero-order chi connectivity index (χ0) is 26.2. The summed E-state index contributed by atoms with van der Waals surface area (Å²) in [5.74, 6) is 1.83. The molecular weight excluding hydrogens is 476 g/mol. The highest BCUT2D eigenvalue weighted by molar-refractivity contribution is 5.84. The zero-order valence-electron chi connectivity index (χ0n) is 20.0. The summed E-state index contributed by atoms with van der Waals surface area (Å²) in [4.78, 5) is 31.7. The first-order chi connectivity index (χ1) is 17.2. The molecular formula is C24H28N2O10. The van der Waals surface area contributed by atoms with Gasteiger partial charge in [0.15, 0.2) is 28.8 Å². The number of Topliss-reactive ketones (excluding diaryl/α,β-unsaturated/α-hetero) is 1. The Morgan fingerprint density at radius 2 is 1.39 bits per heavy atom. The second-order valence-electron chi connectivity index (χ2n) is 8.43. The van der Waals surface area contributed by atoms with E-state index >= 15 is 0 Å². The summed E-state index contributed by atoms with van der Waals surface area (Å²) >= 11 is 0. The molecule has 1 N–H and O–H groups in total. The van der Waals surface area contributed by atoms with Crippen molar-refractivity contribution in [1.29, 1.82) is 0 Å². The quantitative estimate of drug-likeness (QED) is 0.333. The largest absolute Gasteiger partial charge is 0.493 e. The van der Waals surface area contributed by atoms with Gasteiger partial charge in [-0.05, 0) is 43.7 Å². The SMILES string of the molecule is COc1cc([N+](=O)[O-])ccc1OCC(=O)C1CC1.COc1cc([N+](=O)[O-])ccc1OC[C@H](O)C1CC1. The van der Waals surface area contributed by atoms with Crippen molar-refractivity contribution in [2.45, 2.75) is 31.8 Å². The van der Waals surface area contributed by atoms with Gasteiger partial charge in [-0.25, -0.2) is 0 Å². The number of aliphatic hydroxyl groups excluding tert-OH is 1. The van der Waals surface area contributed by atoms with E-state index < -0.39 is 16.0 Å². The van der Waals surface area contributed by atoms with Gasteiger partial charge in [0, 0.05) is 18.1 Å². The number of rotatable bonds is 12. The Bertz CT molecular complexity index is 1100. The first-order valence-electron chi connectivity index (χ1n) is 11.3. The lowest BCUT2D eigenvalue weighted by molar-refractivity contribution is -0.385. The maximum atomic E-state index is 11.5. The molecule has 1 atom stereocenters. The number of nitro groups is 2. The second kappa shape index (κ2) is 12.2.